The van der Waals surface area contributed by atoms with Gasteiger partial charge in [0.25, 0.3) is 5.91 Å². The predicted octanol–water partition coefficient (Wildman–Crippen LogP) is 4.21. The fraction of sp³-hybridized carbons (Fsp3) is 0.278. The standard InChI is InChI=1S/C18H13BrClF3N6O/c1-9-7-29-15(14-24-5-11(19)6-25-14)26-27-16(29)17(30)28(9)8-10-3-2-4-12(13(10)20)18(21,22)23/h2-6,9H,7-8H2,1H3. The topological polar surface area (TPSA) is 76.8 Å². The molecular weight excluding hydrogens is 489 g/mol. The lowest BCUT2D eigenvalue weighted by molar-refractivity contribution is -0.137. The molecule has 0 bridgehead atoms. The van der Waals surface area contributed by atoms with Crippen molar-refractivity contribution in [3.8, 4) is 11.6 Å². The summed E-state index contributed by atoms with van der Waals surface area (Å²) in [5.74, 6) is 0.261. The fourth-order valence-corrected chi connectivity index (χ4v) is 3.75. The third-order valence-electron chi connectivity index (χ3n) is 4.73. The molecule has 0 radical (unpaired) electrons. The Labute approximate surface area is 182 Å². The minimum Gasteiger partial charge on any atom is -0.327 e. The average molecular weight is 502 g/mol. The van der Waals surface area contributed by atoms with E-state index >= 15 is 0 Å². The first-order valence-electron chi connectivity index (χ1n) is 8.73. The first kappa shape index (κ1) is 20.7. The van der Waals surface area contributed by atoms with E-state index in [4.69, 9.17) is 11.6 Å². The number of hydrogen-bond donors (Lipinski definition) is 0. The number of halogens is 5. The van der Waals surface area contributed by atoms with Crippen molar-refractivity contribution in [1.29, 1.82) is 0 Å². The van der Waals surface area contributed by atoms with Gasteiger partial charge in [-0.2, -0.15) is 13.2 Å². The Balaban J connectivity index is 1.65. The van der Waals surface area contributed by atoms with Crippen molar-refractivity contribution in [3.05, 3.63) is 57.0 Å². The van der Waals surface area contributed by atoms with Gasteiger partial charge in [-0.3, -0.25) is 9.36 Å². The first-order chi connectivity index (χ1) is 14.2. The molecule has 1 aliphatic rings. The van der Waals surface area contributed by atoms with E-state index in [2.05, 4.69) is 36.1 Å². The van der Waals surface area contributed by atoms with E-state index in [0.29, 0.717) is 22.7 Å². The van der Waals surface area contributed by atoms with Gasteiger partial charge < -0.3 is 4.90 Å². The second-order valence-electron chi connectivity index (χ2n) is 6.74. The highest BCUT2D eigenvalue weighted by Crippen LogP contribution is 2.37. The molecule has 0 fully saturated rings. The molecule has 0 aliphatic carbocycles. The van der Waals surface area contributed by atoms with Gasteiger partial charge in [0.2, 0.25) is 11.6 Å². The molecule has 0 N–H and O–H groups in total. The predicted molar refractivity (Wildman–Crippen MR) is 105 cm³/mol. The van der Waals surface area contributed by atoms with Crippen LogP contribution in [0, 0.1) is 0 Å². The van der Waals surface area contributed by atoms with Gasteiger partial charge in [-0.1, -0.05) is 23.7 Å². The Kier molecular flexibility index (Phi) is 5.27. The molecular formula is C18H13BrClF3N6O. The number of rotatable bonds is 3. The van der Waals surface area contributed by atoms with Gasteiger partial charge in [-0.25, -0.2) is 9.97 Å². The number of carbonyl (C=O) groups is 1. The lowest BCUT2D eigenvalue weighted by Crippen LogP contribution is -2.46. The summed E-state index contributed by atoms with van der Waals surface area (Å²) in [6, 6.07) is 3.31. The summed E-state index contributed by atoms with van der Waals surface area (Å²) in [5.41, 5.74) is -0.729. The third kappa shape index (κ3) is 3.67. The Morgan fingerprint density at radius 3 is 2.53 bits per heavy atom. The molecule has 3 aromatic rings. The van der Waals surface area contributed by atoms with Gasteiger partial charge in [0.1, 0.15) is 0 Å². The zero-order valence-corrected chi connectivity index (χ0v) is 17.7. The number of fused-ring (bicyclic) bond motifs is 1. The summed E-state index contributed by atoms with van der Waals surface area (Å²) in [5, 5.41) is 7.58. The van der Waals surface area contributed by atoms with Crippen LogP contribution in [-0.4, -0.2) is 41.6 Å². The summed E-state index contributed by atoms with van der Waals surface area (Å²) in [7, 11) is 0. The van der Waals surface area contributed by atoms with Gasteiger partial charge in [-0.15, -0.1) is 10.2 Å². The number of nitrogens with zero attached hydrogens (tertiary/aromatic N) is 6. The Bertz CT molecular complexity index is 1120. The van der Waals surface area contributed by atoms with E-state index in [1.54, 1.807) is 23.9 Å². The number of alkyl halides is 3. The van der Waals surface area contributed by atoms with Gasteiger partial charge >= 0.3 is 6.18 Å². The SMILES string of the molecule is CC1Cn2c(nnc2-c2ncc(Br)cn2)C(=O)N1Cc1cccc(C(F)(F)F)c1Cl. The van der Waals surface area contributed by atoms with Gasteiger partial charge in [0.05, 0.1) is 15.1 Å². The number of aromatic nitrogens is 5. The Hall–Kier alpha value is -2.53. The van der Waals surface area contributed by atoms with E-state index < -0.39 is 22.7 Å². The van der Waals surface area contributed by atoms with Crippen molar-refractivity contribution < 1.29 is 18.0 Å². The second kappa shape index (κ2) is 7.62. The van der Waals surface area contributed by atoms with Crippen LogP contribution in [0.25, 0.3) is 11.6 Å². The zero-order chi connectivity index (χ0) is 21.6. The number of amides is 1. The molecule has 1 aromatic carbocycles. The summed E-state index contributed by atoms with van der Waals surface area (Å²) in [4.78, 5) is 22.8. The highest BCUT2D eigenvalue weighted by atomic mass is 79.9. The van der Waals surface area contributed by atoms with Crippen molar-refractivity contribution in [3.63, 3.8) is 0 Å². The maximum Gasteiger partial charge on any atom is 0.417 e. The smallest absolute Gasteiger partial charge is 0.327 e. The normalized spacial score (nSPS) is 16.7. The lowest BCUT2D eigenvalue weighted by atomic mass is 10.1. The summed E-state index contributed by atoms with van der Waals surface area (Å²) < 4.78 is 41.7. The van der Waals surface area contributed by atoms with E-state index in [1.165, 1.54) is 17.0 Å². The van der Waals surface area contributed by atoms with Crippen LogP contribution < -0.4 is 0 Å². The van der Waals surface area contributed by atoms with Crippen LogP contribution in [0.3, 0.4) is 0 Å². The molecule has 1 unspecified atom stereocenters. The monoisotopic (exact) mass is 500 g/mol. The molecule has 1 aliphatic heterocycles. The minimum atomic E-state index is -4.58. The molecule has 2 aromatic heterocycles. The molecule has 0 spiro atoms. The molecule has 0 saturated heterocycles. The van der Waals surface area contributed by atoms with Crippen molar-refractivity contribution in [2.24, 2.45) is 0 Å². The van der Waals surface area contributed by atoms with Crippen LogP contribution in [0.1, 0.15) is 28.7 Å². The Morgan fingerprint density at radius 1 is 1.20 bits per heavy atom. The number of benzene rings is 1. The molecule has 4 rings (SSSR count). The third-order valence-corrected chi connectivity index (χ3v) is 5.58. The highest BCUT2D eigenvalue weighted by Gasteiger charge is 2.37. The summed E-state index contributed by atoms with van der Waals surface area (Å²) >= 11 is 9.25. The second-order valence-corrected chi connectivity index (χ2v) is 8.03. The van der Waals surface area contributed by atoms with Crippen molar-refractivity contribution in [2.45, 2.75) is 32.2 Å². The molecule has 1 atom stereocenters. The van der Waals surface area contributed by atoms with Gasteiger partial charge in [0, 0.05) is 31.5 Å². The number of carbonyl (C=O) groups excluding carboxylic acids is 1. The van der Waals surface area contributed by atoms with Crippen LogP contribution in [0.4, 0.5) is 13.2 Å². The quantitative estimate of drug-likeness (QED) is 0.537. The Morgan fingerprint density at radius 2 is 1.87 bits per heavy atom. The van der Waals surface area contributed by atoms with Crippen LogP contribution in [0.15, 0.2) is 35.1 Å². The van der Waals surface area contributed by atoms with E-state index in [1.807, 2.05) is 0 Å². The van der Waals surface area contributed by atoms with Crippen LogP contribution in [-0.2, 0) is 19.3 Å². The van der Waals surface area contributed by atoms with Gasteiger partial charge in [-0.05, 0) is 34.5 Å². The minimum absolute atomic E-state index is 0.0673. The molecule has 0 saturated carbocycles. The van der Waals surface area contributed by atoms with Crippen LogP contribution in [0.2, 0.25) is 5.02 Å². The number of hydrogen-bond acceptors (Lipinski definition) is 5. The van der Waals surface area contributed by atoms with Gasteiger partial charge in [0.15, 0.2) is 5.82 Å². The highest BCUT2D eigenvalue weighted by molar-refractivity contribution is 9.10. The van der Waals surface area contributed by atoms with E-state index in [0.717, 1.165) is 6.07 Å². The first-order valence-corrected chi connectivity index (χ1v) is 9.90. The maximum atomic E-state index is 13.1. The van der Waals surface area contributed by atoms with Crippen LogP contribution in [0.5, 0.6) is 0 Å². The van der Waals surface area contributed by atoms with Crippen molar-refractivity contribution >= 4 is 33.4 Å². The molecule has 1 amide bonds. The molecule has 7 nitrogen and oxygen atoms in total. The zero-order valence-electron chi connectivity index (χ0n) is 15.4. The fourth-order valence-electron chi connectivity index (χ4n) is 3.25. The van der Waals surface area contributed by atoms with Crippen molar-refractivity contribution in [1.82, 2.24) is 29.6 Å². The average Bonchev–Trinajstić information content (AvgIpc) is 3.10. The van der Waals surface area contributed by atoms with E-state index in [9.17, 15) is 18.0 Å². The molecule has 12 heteroatoms. The summed E-state index contributed by atoms with van der Waals surface area (Å²) in [6.45, 7) is 2.04. The molecule has 30 heavy (non-hydrogen) atoms. The lowest BCUT2D eigenvalue weighted by Gasteiger charge is -2.34. The summed E-state index contributed by atoms with van der Waals surface area (Å²) in [6.07, 6.45) is -1.47. The largest absolute Gasteiger partial charge is 0.417 e. The van der Waals surface area contributed by atoms with Crippen molar-refractivity contribution in [2.75, 3.05) is 0 Å². The molecule has 156 valence electrons. The maximum absolute atomic E-state index is 13.1. The molecule has 3 heterocycles. The van der Waals surface area contributed by atoms with Crippen LogP contribution >= 0.6 is 27.5 Å². The van der Waals surface area contributed by atoms with E-state index in [-0.39, 0.29) is 24.0 Å².